The first-order chi connectivity index (χ1) is 8.81. The summed E-state index contributed by atoms with van der Waals surface area (Å²) in [4.78, 5) is 12.7. The Morgan fingerprint density at radius 2 is 2.22 bits per heavy atom. The average molecular weight is 265 g/mol. The van der Waals surface area contributed by atoms with E-state index in [4.69, 9.17) is 9.47 Å². The maximum Gasteiger partial charge on any atom is 0.265 e. The summed E-state index contributed by atoms with van der Waals surface area (Å²) in [5.74, 6) is 1.25. The van der Waals surface area contributed by atoms with E-state index < -0.39 is 0 Å². The van der Waals surface area contributed by atoms with Crippen molar-refractivity contribution in [3.05, 3.63) is 41.0 Å². The highest BCUT2D eigenvalue weighted by Crippen LogP contribution is 2.27. The van der Waals surface area contributed by atoms with Crippen LogP contribution < -0.4 is 5.32 Å². The van der Waals surface area contributed by atoms with Crippen LogP contribution in [0.15, 0.2) is 41.0 Å². The number of thioether (sulfide) groups is 1. The third-order valence-electron chi connectivity index (χ3n) is 2.37. The number of benzene rings is 1. The van der Waals surface area contributed by atoms with Crippen LogP contribution in [-0.4, -0.2) is 32.0 Å². The third kappa shape index (κ3) is 3.27. The van der Waals surface area contributed by atoms with Crippen molar-refractivity contribution in [1.82, 2.24) is 0 Å². The molecule has 5 heteroatoms. The largest absolute Gasteiger partial charge is 0.493 e. The smallest absolute Gasteiger partial charge is 0.265 e. The Morgan fingerprint density at radius 1 is 1.44 bits per heavy atom. The lowest BCUT2D eigenvalue weighted by molar-refractivity contribution is -0.112. The number of methoxy groups -OCH3 is 1. The zero-order chi connectivity index (χ0) is 12.8. The van der Waals surface area contributed by atoms with Gasteiger partial charge in [-0.25, -0.2) is 0 Å². The van der Waals surface area contributed by atoms with Crippen LogP contribution in [0.4, 0.5) is 5.69 Å². The van der Waals surface area contributed by atoms with Gasteiger partial charge in [0.15, 0.2) is 0 Å². The number of ether oxygens (including phenoxy) is 2. The number of nitrogens with one attached hydrogen (secondary N) is 1. The SMILES string of the molecule is COCC1=C(C(=O)Nc2ccccc2)SCCO1. The molecule has 1 amide bonds. The van der Waals surface area contributed by atoms with Gasteiger partial charge in [-0.3, -0.25) is 4.79 Å². The summed E-state index contributed by atoms with van der Waals surface area (Å²) in [6, 6.07) is 9.37. The Morgan fingerprint density at radius 3 is 2.94 bits per heavy atom. The van der Waals surface area contributed by atoms with E-state index in [9.17, 15) is 4.79 Å². The number of hydrogen-bond acceptors (Lipinski definition) is 4. The predicted molar refractivity (Wildman–Crippen MR) is 72.4 cm³/mol. The lowest BCUT2D eigenvalue weighted by Crippen LogP contribution is -2.21. The number of anilines is 1. The number of carbonyl (C=O) groups is 1. The molecule has 0 aromatic heterocycles. The Hall–Kier alpha value is -1.46. The highest BCUT2D eigenvalue weighted by molar-refractivity contribution is 8.04. The highest BCUT2D eigenvalue weighted by Gasteiger charge is 2.21. The van der Waals surface area contributed by atoms with E-state index in [-0.39, 0.29) is 5.91 Å². The fourth-order valence-electron chi connectivity index (χ4n) is 1.59. The van der Waals surface area contributed by atoms with Crippen LogP contribution in [-0.2, 0) is 14.3 Å². The van der Waals surface area contributed by atoms with Crippen LogP contribution in [0.2, 0.25) is 0 Å². The van der Waals surface area contributed by atoms with Crippen molar-refractivity contribution < 1.29 is 14.3 Å². The van der Waals surface area contributed by atoms with E-state index in [1.807, 2.05) is 30.3 Å². The minimum Gasteiger partial charge on any atom is -0.493 e. The molecule has 4 nitrogen and oxygen atoms in total. The Balaban J connectivity index is 2.11. The van der Waals surface area contributed by atoms with E-state index >= 15 is 0 Å². The van der Waals surface area contributed by atoms with Gasteiger partial charge in [0.1, 0.15) is 17.3 Å². The van der Waals surface area contributed by atoms with Gasteiger partial charge in [0.2, 0.25) is 0 Å². The van der Waals surface area contributed by atoms with E-state index in [0.717, 1.165) is 11.4 Å². The molecule has 1 aliphatic rings. The van der Waals surface area contributed by atoms with Gasteiger partial charge in [0, 0.05) is 18.6 Å². The summed E-state index contributed by atoms with van der Waals surface area (Å²) in [5, 5.41) is 2.85. The molecule has 0 atom stereocenters. The van der Waals surface area contributed by atoms with Crippen LogP contribution >= 0.6 is 11.8 Å². The second kappa shape index (κ2) is 6.47. The maximum absolute atomic E-state index is 12.1. The third-order valence-corrected chi connectivity index (χ3v) is 3.45. The molecule has 0 bridgehead atoms. The highest BCUT2D eigenvalue weighted by atomic mass is 32.2. The number of carbonyl (C=O) groups excluding carboxylic acids is 1. The lowest BCUT2D eigenvalue weighted by Gasteiger charge is -2.19. The first-order valence-electron chi connectivity index (χ1n) is 5.65. The molecule has 2 rings (SSSR count). The van der Waals surface area contributed by atoms with Gasteiger partial charge in [-0.05, 0) is 12.1 Å². The number of hydrogen-bond donors (Lipinski definition) is 1. The van der Waals surface area contributed by atoms with Gasteiger partial charge in [-0.2, -0.15) is 0 Å². The first-order valence-corrected chi connectivity index (χ1v) is 6.64. The summed E-state index contributed by atoms with van der Waals surface area (Å²) in [7, 11) is 1.59. The lowest BCUT2D eigenvalue weighted by atomic mass is 10.3. The van der Waals surface area contributed by atoms with E-state index in [1.54, 1.807) is 7.11 Å². The zero-order valence-corrected chi connectivity index (χ0v) is 11.0. The molecule has 0 fully saturated rings. The van der Waals surface area contributed by atoms with Crippen LogP contribution in [0.25, 0.3) is 0 Å². The molecule has 0 unspecified atom stereocenters. The molecule has 18 heavy (non-hydrogen) atoms. The Kier molecular flexibility index (Phi) is 4.66. The number of amides is 1. The molecule has 1 aromatic carbocycles. The molecule has 0 saturated carbocycles. The molecular formula is C13H15NO3S. The molecule has 1 aromatic rings. The standard InChI is InChI=1S/C13H15NO3S/c1-16-9-11-12(18-8-7-17-11)13(15)14-10-5-3-2-4-6-10/h2-6H,7-9H2,1H3,(H,14,15). The van der Waals surface area contributed by atoms with Crippen LogP contribution in [0, 0.1) is 0 Å². The fourth-order valence-corrected chi connectivity index (χ4v) is 2.43. The van der Waals surface area contributed by atoms with Crippen molar-refractivity contribution in [1.29, 1.82) is 0 Å². The Bertz CT molecular complexity index is 445. The fraction of sp³-hybridized carbons (Fsp3) is 0.308. The van der Waals surface area contributed by atoms with Gasteiger partial charge >= 0.3 is 0 Å². The second-order valence-electron chi connectivity index (χ2n) is 3.70. The normalized spacial score (nSPS) is 15.2. The van der Waals surface area contributed by atoms with Gasteiger partial charge in [-0.15, -0.1) is 11.8 Å². The summed E-state index contributed by atoms with van der Waals surface area (Å²) in [6.45, 7) is 0.940. The molecule has 1 aliphatic heterocycles. The van der Waals surface area contributed by atoms with Crippen molar-refractivity contribution in [2.45, 2.75) is 0 Å². The molecular weight excluding hydrogens is 250 g/mol. The summed E-state index contributed by atoms with van der Waals surface area (Å²) < 4.78 is 10.5. The minimum absolute atomic E-state index is 0.141. The molecule has 0 spiro atoms. The molecule has 96 valence electrons. The van der Waals surface area contributed by atoms with Crippen LogP contribution in [0.3, 0.4) is 0 Å². The van der Waals surface area contributed by atoms with E-state index in [2.05, 4.69) is 5.32 Å². The van der Waals surface area contributed by atoms with Crippen molar-refractivity contribution in [2.24, 2.45) is 0 Å². The maximum atomic E-state index is 12.1. The molecule has 1 heterocycles. The topological polar surface area (TPSA) is 47.6 Å². The van der Waals surface area contributed by atoms with Gasteiger partial charge < -0.3 is 14.8 Å². The van der Waals surface area contributed by atoms with Gasteiger partial charge in [0.05, 0.1) is 6.61 Å². The van der Waals surface area contributed by atoms with E-state index in [0.29, 0.717) is 23.9 Å². The second-order valence-corrected chi connectivity index (χ2v) is 4.81. The van der Waals surface area contributed by atoms with Gasteiger partial charge in [0.25, 0.3) is 5.91 Å². The van der Waals surface area contributed by atoms with Crippen LogP contribution in [0.5, 0.6) is 0 Å². The molecule has 0 radical (unpaired) electrons. The average Bonchev–Trinajstić information content (AvgIpc) is 2.41. The van der Waals surface area contributed by atoms with Crippen molar-refractivity contribution in [3.8, 4) is 0 Å². The number of para-hydroxylation sites is 1. The van der Waals surface area contributed by atoms with Crippen molar-refractivity contribution in [3.63, 3.8) is 0 Å². The summed E-state index contributed by atoms with van der Waals surface area (Å²) in [5.41, 5.74) is 0.776. The van der Waals surface area contributed by atoms with Gasteiger partial charge in [-0.1, -0.05) is 18.2 Å². The number of rotatable bonds is 4. The predicted octanol–water partition coefficient (Wildman–Crippen LogP) is 2.25. The minimum atomic E-state index is -0.141. The quantitative estimate of drug-likeness (QED) is 0.907. The van der Waals surface area contributed by atoms with Crippen LogP contribution in [0.1, 0.15) is 0 Å². The van der Waals surface area contributed by atoms with Crippen molar-refractivity contribution in [2.75, 3.05) is 31.4 Å². The molecule has 0 aliphatic carbocycles. The first kappa shape index (κ1) is 13.0. The molecule has 0 saturated heterocycles. The monoisotopic (exact) mass is 265 g/mol. The Labute approximate surface area is 110 Å². The molecule has 1 N–H and O–H groups in total. The van der Waals surface area contributed by atoms with Crippen molar-refractivity contribution >= 4 is 23.4 Å². The van der Waals surface area contributed by atoms with E-state index in [1.165, 1.54) is 11.8 Å². The zero-order valence-electron chi connectivity index (χ0n) is 10.1. The summed E-state index contributed by atoms with van der Waals surface area (Å²) >= 11 is 1.50. The summed E-state index contributed by atoms with van der Waals surface area (Å²) in [6.07, 6.45) is 0.